The minimum absolute atomic E-state index is 0.0136. The van der Waals surface area contributed by atoms with Crippen molar-refractivity contribution < 1.29 is 4.76 Å². The summed E-state index contributed by atoms with van der Waals surface area (Å²) in [5.74, 6) is 2.21. The average molecular weight is 298 g/mol. The molecule has 2 aliphatic carbocycles. The molecule has 5 atom stereocenters. The van der Waals surface area contributed by atoms with Crippen LogP contribution in [-0.4, -0.2) is 16.3 Å². The predicted molar refractivity (Wildman–Crippen MR) is 88.8 cm³/mol. The lowest BCUT2D eigenvalue weighted by molar-refractivity contribution is -0.702. The molecule has 0 N–H and O–H groups in total. The van der Waals surface area contributed by atoms with Gasteiger partial charge in [-0.2, -0.15) is 0 Å². The summed E-state index contributed by atoms with van der Waals surface area (Å²) in [6, 6.07) is 11.1. The summed E-state index contributed by atoms with van der Waals surface area (Å²) in [7, 11) is 0. The van der Waals surface area contributed by atoms with Crippen molar-refractivity contribution in [2.75, 3.05) is 0 Å². The van der Waals surface area contributed by atoms with E-state index in [9.17, 15) is 4.91 Å². The average Bonchev–Trinajstić information content (AvgIpc) is 2.54. The number of hydrogen-bond donors (Lipinski definition) is 0. The molecule has 22 heavy (non-hydrogen) atoms. The molecular formula is C20H28NO+. The summed E-state index contributed by atoms with van der Waals surface area (Å²) in [5.41, 5.74) is 1.43. The maximum atomic E-state index is 13.1. The van der Waals surface area contributed by atoms with Crippen molar-refractivity contribution in [2.24, 2.45) is 17.8 Å². The zero-order chi connectivity index (χ0) is 15.2. The van der Waals surface area contributed by atoms with Gasteiger partial charge in [-0.3, -0.25) is 0 Å². The number of piperidine rings is 2. The smallest absolute Gasteiger partial charge is 0.0654 e. The molecule has 1 aromatic rings. The minimum atomic E-state index is 0.0136. The predicted octanol–water partition coefficient (Wildman–Crippen LogP) is 4.76. The van der Waals surface area contributed by atoms with Crippen molar-refractivity contribution in [3.63, 3.8) is 0 Å². The third kappa shape index (κ3) is 2.23. The Morgan fingerprint density at radius 1 is 1.18 bits per heavy atom. The zero-order valence-corrected chi connectivity index (χ0v) is 13.7. The van der Waals surface area contributed by atoms with E-state index < -0.39 is 0 Å². The zero-order valence-electron chi connectivity index (χ0n) is 13.7. The number of unbranched alkanes of at least 4 members (excludes halogenated alkanes) is 1. The summed E-state index contributed by atoms with van der Waals surface area (Å²) in [5, 5.41) is 0. The fraction of sp³-hybridized carbons (Fsp3) is 0.700. The first-order chi connectivity index (χ1) is 10.7. The monoisotopic (exact) mass is 298 g/mol. The normalized spacial score (nSPS) is 39.4. The van der Waals surface area contributed by atoms with E-state index >= 15 is 0 Å². The fourth-order valence-corrected chi connectivity index (χ4v) is 5.85. The van der Waals surface area contributed by atoms with Gasteiger partial charge in [0.15, 0.2) is 0 Å². The topological polar surface area (TPSA) is 20.1 Å². The highest BCUT2D eigenvalue weighted by atomic mass is 16.3. The van der Waals surface area contributed by atoms with Gasteiger partial charge in [-0.25, -0.2) is 0 Å². The van der Waals surface area contributed by atoms with Crippen LogP contribution in [0.2, 0.25) is 0 Å². The second-order valence-corrected chi connectivity index (χ2v) is 8.08. The second-order valence-electron chi connectivity index (χ2n) is 8.08. The standard InChI is InChI=1S/C20H28NO/c1-2-3-9-20-13-16-10-17(14-20)18(19(12-16)21(20)22)11-15-7-5-4-6-8-15/h4-8,16-19H,2-3,9-14H2,1H3/q+1/t16-,17-,18+,19?,20?/m1/s1. The number of benzene rings is 1. The van der Waals surface area contributed by atoms with Crippen LogP contribution in [0, 0.1) is 22.7 Å². The summed E-state index contributed by atoms with van der Waals surface area (Å²) in [6.45, 7) is 2.24. The van der Waals surface area contributed by atoms with Gasteiger partial charge in [0, 0.05) is 41.3 Å². The molecule has 0 spiro atoms. The maximum absolute atomic E-state index is 13.1. The molecule has 4 bridgehead atoms. The quantitative estimate of drug-likeness (QED) is 0.718. The molecule has 4 aliphatic rings. The lowest BCUT2D eigenvalue weighted by atomic mass is 9.53. The van der Waals surface area contributed by atoms with Gasteiger partial charge in [0.25, 0.3) is 0 Å². The molecule has 5 rings (SSSR count). The van der Waals surface area contributed by atoms with Crippen molar-refractivity contribution >= 4 is 0 Å². The van der Waals surface area contributed by atoms with E-state index in [-0.39, 0.29) is 5.54 Å². The Bertz CT molecular complexity index is 554. The second kappa shape index (κ2) is 5.47. The van der Waals surface area contributed by atoms with E-state index in [1.54, 1.807) is 4.76 Å². The lowest BCUT2D eigenvalue weighted by Crippen LogP contribution is -2.64. The van der Waals surface area contributed by atoms with Gasteiger partial charge in [-0.15, -0.1) is 0 Å². The van der Waals surface area contributed by atoms with Gasteiger partial charge >= 0.3 is 0 Å². The van der Waals surface area contributed by atoms with Crippen LogP contribution in [-0.2, 0) is 6.42 Å². The number of nitrogens with zero attached hydrogens (tertiary/aromatic N) is 1. The van der Waals surface area contributed by atoms with Crippen LogP contribution in [0.4, 0.5) is 0 Å². The first-order valence-electron chi connectivity index (χ1n) is 9.22. The van der Waals surface area contributed by atoms with Crippen LogP contribution in [0.5, 0.6) is 0 Å². The molecule has 2 saturated carbocycles. The fourth-order valence-electron chi connectivity index (χ4n) is 5.85. The molecule has 1 aromatic carbocycles. The van der Waals surface area contributed by atoms with Crippen molar-refractivity contribution in [2.45, 2.75) is 69.9 Å². The first kappa shape index (κ1) is 14.4. The van der Waals surface area contributed by atoms with Crippen molar-refractivity contribution in [1.82, 2.24) is 0 Å². The first-order valence-corrected chi connectivity index (χ1v) is 9.22. The summed E-state index contributed by atoms with van der Waals surface area (Å²) < 4.78 is 1.60. The number of nitroso groups, excluding NO2 is 1. The van der Waals surface area contributed by atoms with E-state index in [0.717, 1.165) is 31.1 Å². The van der Waals surface area contributed by atoms with Crippen LogP contribution in [0.25, 0.3) is 0 Å². The molecule has 0 radical (unpaired) electrons. The van der Waals surface area contributed by atoms with Gasteiger partial charge in [0.1, 0.15) is 0 Å². The molecule has 2 aliphatic heterocycles. The number of rotatable bonds is 5. The molecule has 2 saturated heterocycles. The van der Waals surface area contributed by atoms with E-state index in [1.807, 2.05) is 0 Å². The van der Waals surface area contributed by atoms with Gasteiger partial charge in [-0.1, -0.05) is 43.7 Å². The lowest BCUT2D eigenvalue weighted by Gasteiger charge is -2.53. The van der Waals surface area contributed by atoms with E-state index in [4.69, 9.17) is 0 Å². The summed E-state index contributed by atoms with van der Waals surface area (Å²) in [4.78, 5) is 13.1. The molecule has 2 nitrogen and oxygen atoms in total. The van der Waals surface area contributed by atoms with E-state index in [1.165, 1.54) is 37.7 Å². The Labute approximate surface area is 133 Å². The molecule has 118 valence electrons. The minimum Gasteiger partial charge on any atom is -0.0654 e. The Morgan fingerprint density at radius 2 is 2.00 bits per heavy atom. The third-order valence-electron chi connectivity index (χ3n) is 6.70. The van der Waals surface area contributed by atoms with Crippen LogP contribution in [0.15, 0.2) is 30.3 Å². The van der Waals surface area contributed by atoms with Crippen LogP contribution >= 0.6 is 0 Å². The van der Waals surface area contributed by atoms with Crippen molar-refractivity contribution in [3.05, 3.63) is 40.8 Å². The highest BCUT2D eigenvalue weighted by Gasteiger charge is 2.66. The summed E-state index contributed by atoms with van der Waals surface area (Å²) in [6.07, 6.45) is 9.56. The van der Waals surface area contributed by atoms with Crippen molar-refractivity contribution in [1.29, 1.82) is 0 Å². The van der Waals surface area contributed by atoms with Gasteiger partial charge in [0.05, 0.1) is 0 Å². The molecule has 0 amide bonds. The number of hydrogen-bond acceptors (Lipinski definition) is 1. The molecule has 4 fully saturated rings. The van der Waals surface area contributed by atoms with Gasteiger partial charge < -0.3 is 0 Å². The molecule has 2 heterocycles. The summed E-state index contributed by atoms with van der Waals surface area (Å²) >= 11 is 0. The molecule has 2 unspecified atom stereocenters. The third-order valence-corrected chi connectivity index (χ3v) is 6.70. The maximum Gasteiger partial charge on any atom is 0.211 e. The Morgan fingerprint density at radius 3 is 2.77 bits per heavy atom. The Kier molecular flexibility index (Phi) is 3.58. The Balaban J connectivity index is 1.57. The largest absolute Gasteiger partial charge is 0.211 e. The molecule has 2 heteroatoms. The highest BCUT2D eigenvalue weighted by Crippen LogP contribution is 2.57. The Hall–Kier alpha value is -1.18. The SMILES string of the molecule is CCCCC12C[C@H]3CC([C@@H](Cc4ccccc4)[C@H](C3)C1)[N+]2=O. The van der Waals surface area contributed by atoms with Crippen LogP contribution < -0.4 is 0 Å². The van der Waals surface area contributed by atoms with Crippen LogP contribution in [0.3, 0.4) is 0 Å². The molecule has 0 aromatic heterocycles. The van der Waals surface area contributed by atoms with Crippen LogP contribution in [0.1, 0.15) is 57.4 Å². The molecular weight excluding hydrogens is 270 g/mol. The van der Waals surface area contributed by atoms with Gasteiger partial charge in [-0.05, 0) is 36.7 Å². The van der Waals surface area contributed by atoms with Crippen molar-refractivity contribution in [3.8, 4) is 0 Å². The highest BCUT2D eigenvalue weighted by molar-refractivity contribution is 5.17. The van der Waals surface area contributed by atoms with E-state index in [2.05, 4.69) is 37.3 Å². The van der Waals surface area contributed by atoms with Gasteiger partial charge in [0.2, 0.25) is 11.6 Å². The van der Waals surface area contributed by atoms with E-state index in [0.29, 0.717) is 12.0 Å².